The summed E-state index contributed by atoms with van der Waals surface area (Å²) in [5, 5.41) is 13.3. The van der Waals surface area contributed by atoms with Gasteiger partial charge in [0.15, 0.2) is 0 Å². The first-order valence-electron chi connectivity index (χ1n) is 7.42. The van der Waals surface area contributed by atoms with Gasteiger partial charge in [-0.2, -0.15) is 0 Å². The molecule has 1 atom stereocenters. The molecule has 0 bridgehead atoms. The van der Waals surface area contributed by atoms with Crippen molar-refractivity contribution < 1.29 is 5.11 Å². The van der Waals surface area contributed by atoms with Crippen LogP contribution in [-0.2, 0) is 0 Å². The molecule has 1 aliphatic rings. The summed E-state index contributed by atoms with van der Waals surface area (Å²) in [7, 11) is 2.03. The van der Waals surface area contributed by atoms with Crippen LogP contribution in [0.2, 0.25) is 0 Å². The standard InChI is InChI=1S/C16H26N2O/c1-3-15(14-6-4-5-7-16(14)19)18-10-8-13(9-11-18)12-17-2/h4-7,13,15,17,19H,3,8-12H2,1-2H3. The van der Waals surface area contributed by atoms with Gasteiger partial charge in [-0.3, -0.25) is 4.90 Å². The first-order chi connectivity index (χ1) is 9.26. The minimum Gasteiger partial charge on any atom is -0.508 e. The lowest BCUT2D eigenvalue weighted by Crippen LogP contribution is -2.38. The van der Waals surface area contributed by atoms with Gasteiger partial charge in [-0.05, 0) is 57.9 Å². The predicted molar refractivity (Wildman–Crippen MR) is 79.4 cm³/mol. The normalized spacial score (nSPS) is 19.5. The maximum atomic E-state index is 10.0. The summed E-state index contributed by atoms with van der Waals surface area (Å²) < 4.78 is 0. The number of rotatable bonds is 5. The first-order valence-corrected chi connectivity index (χ1v) is 7.42. The topological polar surface area (TPSA) is 35.5 Å². The molecule has 2 rings (SSSR count). The highest BCUT2D eigenvalue weighted by atomic mass is 16.3. The van der Waals surface area contributed by atoms with E-state index in [-0.39, 0.29) is 0 Å². The molecule has 3 heteroatoms. The third kappa shape index (κ3) is 3.48. The number of benzene rings is 1. The van der Waals surface area contributed by atoms with Crippen LogP contribution in [-0.4, -0.2) is 36.7 Å². The minimum absolute atomic E-state index is 0.358. The molecule has 0 spiro atoms. The SMILES string of the molecule is CCC(c1ccccc1O)N1CCC(CNC)CC1. The van der Waals surface area contributed by atoms with Crippen molar-refractivity contribution >= 4 is 0 Å². The van der Waals surface area contributed by atoms with Crippen molar-refractivity contribution in [3.63, 3.8) is 0 Å². The Morgan fingerprint density at radius 3 is 2.58 bits per heavy atom. The fraction of sp³-hybridized carbons (Fsp3) is 0.625. The molecule has 2 N–H and O–H groups in total. The zero-order valence-electron chi connectivity index (χ0n) is 12.1. The Labute approximate surface area is 116 Å². The van der Waals surface area contributed by atoms with Crippen molar-refractivity contribution in [1.82, 2.24) is 10.2 Å². The third-order valence-electron chi connectivity index (χ3n) is 4.27. The van der Waals surface area contributed by atoms with Gasteiger partial charge < -0.3 is 10.4 Å². The average Bonchev–Trinajstić information content (AvgIpc) is 2.44. The number of nitrogens with zero attached hydrogens (tertiary/aromatic N) is 1. The molecule has 1 aliphatic heterocycles. The van der Waals surface area contributed by atoms with Crippen molar-refractivity contribution in [2.24, 2.45) is 5.92 Å². The van der Waals surface area contributed by atoms with E-state index in [2.05, 4.69) is 23.2 Å². The molecule has 106 valence electrons. The highest BCUT2D eigenvalue weighted by Gasteiger charge is 2.26. The van der Waals surface area contributed by atoms with E-state index in [1.54, 1.807) is 6.07 Å². The number of aromatic hydroxyl groups is 1. The van der Waals surface area contributed by atoms with E-state index >= 15 is 0 Å². The van der Waals surface area contributed by atoms with Gasteiger partial charge in [-0.1, -0.05) is 25.1 Å². The monoisotopic (exact) mass is 262 g/mol. The van der Waals surface area contributed by atoms with Gasteiger partial charge in [-0.25, -0.2) is 0 Å². The number of piperidine rings is 1. The molecule has 19 heavy (non-hydrogen) atoms. The van der Waals surface area contributed by atoms with Gasteiger partial charge in [0, 0.05) is 11.6 Å². The maximum Gasteiger partial charge on any atom is 0.120 e. The molecule has 1 saturated heterocycles. The lowest BCUT2D eigenvalue weighted by atomic mass is 9.93. The van der Waals surface area contributed by atoms with E-state index in [9.17, 15) is 5.11 Å². The van der Waals surface area contributed by atoms with Crippen LogP contribution in [0.4, 0.5) is 0 Å². The second-order valence-corrected chi connectivity index (χ2v) is 5.52. The molecule has 0 amide bonds. The number of phenols is 1. The summed E-state index contributed by atoms with van der Waals surface area (Å²) in [6, 6.07) is 8.13. The van der Waals surface area contributed by atoms with E-state index < -0.39 is 0 Å². The fourth-order valence-corrected chi connectivity index (χ4v) is 3.20. The van der Waals surface area contributed by atoms with Crippen LogP contribution >= 0.6 is 0 Å². The molecule has 0 saturated carbocycles. The lowest BCUT2D eigenvalue weighted by molar-refractivity contribution is 0.127. The van der Waals surface area contributed by atoms with E-state index in [1.165, 1.54) is 12.8 Å². The Hall–Kier alpha value is -1.06. The number of likely N-dealkylation sites (tertiary alicyclic amines) is 1. The van der Waals surface area contributed by atoms with E-state index in [0.717, 1.165) is 37.5 Å². The number of hydrogen-bond donors (Lipinski definition) is 2. The van der Waals surface area contributed by atoms with Gasteiger partial charge >= 0.3 is 0 Å². The Morgan fingerprint density at radius 1 is 1.32 bits per heavy atom. The van der Waals surface area contributed by atoms with Crippen LogP contribution in [0.15, 0.2) is 24.3 Å². The summed E-state index contributed by atoms with van der Waals surface area (Å²) in [5.74, 6) is 1.25. The zero-order chi connectivity index (χ0) is 13.7. The molecule has 1 aromatic rings. The lowest BCUT2D eigenvalue weighted by Gasteiger charge is -2.37. The van der Waals surface area contributed by atoms with Crippen LogP contribution in [0.1, 0.15) is 37.8 Å². The molecule has 1 unspecified atom stereocenters. The molecule has 0 aromatic heterocycles. The Bertz CT molecular complexity index is 386. The number of para-hydroxylation sites is 1. The van der Waals surface area contributed by atoms with Crippen molar-refractivity contribution in [2.45, 2.75) is 32.2 Å². The van der Waals surface area contributed by atoms with Crippen LogP contribution in [0.25, 0.3) is 0 Å². The smallest absolute Gasteiger partial charge is 0.120 e. The number of phenolic OH excluding ortho intramolecular Hbond substituents is 1. The quantitative estimate of drug-likeness (QED) is 0.856. The molecular weight excluding hydrogens is 236 g/mol. The summed E-state index contributed by atoms with van der Waals surface area (Å²) in [5.41, 5.74) is 1.08. The highest BCUT2D eigenvalue weighted by Crippen LogP contribution is 2.33. The summed E-state index contributed by atoms with van der Waals surface area (Å²) in [6.45, 7) is 5.61. The van der Waals surface area contributed by atoms with Crippen molar-refractivity contribution in [3.05, 3.63) is 29.8 Å². The van der Waals surface area contributed by atoms with Crippen LogP contribution in [0.3, 0.4) is 0 Å². The molecule has 1 heterocycles. The van der Waals surface area contributed by atoms with Crippen molar-refractivity contribution in [1.29, 1.82) is 0 Å². The van der Waals surface area contributed by atoms with Crippen molar-refractivity contribution in [2.75, 3.05) is 26.7 Å². The van der Waals surface area contributed by atoms with Crippen LogP contribution in [0, 0.1) is 5.92 Å². The average molecular weight is 262 g/mol. The minimum atomic E-state index is 0.358. The second-order valence-electron chi connectivity index (χ2n) is 5.52. The molecular formula is C16H26N2O. The Balaban J connectivity index is 2.02. The Morgan fingerprint density at radius 2 is 2.00 bits per heavy atom. The van der Waals surface area contributed by atoms with E-state index in [0.29, 0.717) is 11.8 Å². The van der Waals surface area contributed by atoms with E-state index in [1.807, 2.05) is 19.2 Å². The van der Waals surface area contributed by atoms with Gasteiger partial charge in [0.25, 0.3) is 0 Å². The molecule has 1 aromatic carbocycles. The fourth-order valence-electron chi connectivity index (χ4n) is 3.20. The Kier molecular flexibility index (Phi) is 5.23. The van der Waals surface area contributed by atoms with Crippen LogP contribution in [0.5, 0.6) is 5.75 Å². The predicted octanol–water partition coefficient (Wildman–Crippen LogP) is 2.77. The first kappa shape index (κ1) is 14.4. The van der Waals surface area contributed by atoms with Crippen LogP contribution < -0.4 is 5.32 Å². The van der Waals surface area contributed by atoms with Gasteiger partial charge in [0.05, 0.1) is 0 Å². The van der Waals surface area contributed by atoms with Gasteiger partial charge in [-0.15, -0.1) is 0 Å². The molecule has 3 nitrogen and oxygen atoms in total. The van der Waals surface area contributed by atoms with E-state index in [4.69, 9.17) is 0 Å². The molecule has 1 fully saturated rings. The van der Waals surface area contributed by atoms with Gasteiger partial charge in [0.1, 0.15) is 5.75 Å². The number of hydrogen-bond acceptors (Lipinski definition) is 3. The summed E-state index contributed by atoms with van der Waals surface area (Å²) >= 11 is 0. The summed E-state index contributed by atoms with van der Waals surface area (Å²) in [4.78, 5) is 2.53. The third-order valence-corrected chi connectivity index (χ3v) is 4.27. The molecule has 0 radical (unpaired) electrons. The highest BCUT2D eigenvalue weighted by molar-refractivity contribution is 5.34. The second kappa shape index (κ2) is 6.92. The van der Waals surface area contributed by atoms with Gasteiger partial charge in [0.2, 0.25) is 0 Å². The maximum absolute atomic E-state index is 10.0. The zero-order valence-corrected chi connectivity index (χ0v) is 12.1. The largest absolute Gasteiger partial charge is 0.508 e. The number of nitrogens with one attached hydrogen (secondary N) is 1. The van der Waals surface area contributed by atoms with Crippen molar-refractivity contribution in [3.8, 4) is 5.75 Å². The summed E-state index contributed by atoms with van der Waals surface area (Å²) in [6.07, 6.45) is 3.56. The molecule has 0 aliphatic carbocycles.